The average molecular weight is 338 g/mol. The maximum absolute atomic E-state index is 13.5. The lowest BCUT2D eigenvalue weighted by atomic mass is 10.1. The predicted octanol–water partition coefficient (Wildman–Crippen LogP) is 2.82. The Morgan fingerprint density at radius 1 is 0.880 bits per heavy atom. The van der Waals surface area contributed by atoms with Gasteiger partial charge in [-0.25, -0.2) is 4.39 Å². The van der Waals surface area contributed by atoms with Crippen LogP contribution in [0, 0.1) is 5.82 Å². The van der Waals surface area contributed by atoms with Crippen LogP contribution < -0.4 is 15.6 Å². The number of carbonyl (C=O) groups is 2. The van der Waals surface area contributed by atoms with Crippen molar-refractivity contribution >= 4 is 22.6 Å². The number of carbonyl (C=O) groups excluding carboxylic acids is 2. The molecule has 25 heavy (non-hydrogen) atoms. The highest BCUT2D eigenvalue weighted by Crippen LogP contribution is 2.20. The Labute approximate surface area is 143 Å². The molecular weight excluding hydrogens is 323 g/mol. The second-order valence-corrected chi connectivity index (χ2v) is 5.28. The van der Waals surface area contributed by atoms with E-state index in [9.17, 15) is 14.0 Å². The van der Waals surface area contributed by atoms with Crippen molar-refractivity contribution in [3.63, 3.8) is 0 Å². The van der Waals surface area contributed by atoms with Crippen molar-refractivity contribution in [2.75, 3.05) is 6.61 Å². The van der Waals surface area contributed by atoms with Crippen molar-refractivity contribution < 1.29 is 18.7 Å². The summed E-state index contributed by atoms with van der Waals surface area (Å²) < 4.78 is 18.9. The minimum atomic E-state index is -0.739. The van der Waals surface area contributed by atoms with Gasteiger partial charge in [-0.05, 0) is 35.0 Å². The Kier molecular flexibility index (Phi) is 4.89. The highest BCUT2D eigenvalue weighted by atomic mass is 19.1. The fraction of sp³-hybridized carbons (Fsp3) is 0.0526. The van der Waals surface area contributed by atoms with Crippen LogP contribution in [-0.2, 0) is 4.79 Å². The zero-order valence-corrected chi connectivity index (χ0v) is 13.2. The fourth-order valence-corrected chi connectivity index (χ4v) is 2.28. The molecule has 0 aliphatic carbocycles. The highest BCUT2D eigenvalue weighted by molar-refractivity contribution is 5.95. The number of halogens is 1. The van der Waals surface area contributed by atoms with Gasteiger partial charge in [-0.3, -0.25) is 20.4 Å². The zero-order valence-electron chi connectivity index (χ0n) is 13.2. The topological polar surface area (TPSA) is 67.4 Å². The molecule has 3 rings (SSSR count). The van der Waals surface area contributed by atoms with Gasteiger partial charge in [-0.1, -0.05) is 42.5 Å². The normalized spacial score (nSPS) is 10.3. The third kappa shape index (κ3) is 4.11. The Hall–Kier alpha value is -3.41. The lowest BCUT2D eigenvalue weighted by Gasteiger charge is -2.09. The number of hydrogen-bond donors (Lipinski definition) is 2. The molecule has 0 spiro atoms. The first-order valence-corrected chi connectivity index (χ1v) is 7.59. The van der Waals surface area contributed by atoms with Gasteiger partial charge in [0.1, 0.15) is 11.6 Å². The number of hydrazine groups is 1. The molecule has 6 heteroatoms. The number of benzene rings is 3. The van der Waals surface area contributed by atoms with Crippen LogP contribution in [-0.4, -0.2) is 18.4 Å². The molecule has 0 aromatic heterocycles. The summed E-state index contributed by atoms with van der Waals surface area (Å²) in [6.07, 6.45) is 0. The number of fused-ring (bicyclic) bond motifs is 1. The monoisotopic (exact) mass is 338 g/mol. The molecule has 0 fully saturated rings. The smallest absolute Gasteiger partial charge is 0.276 e. The van der Waals surface area contributed by atoms with Crippen LogP contribution in [0.5, 0.6) is 5.75 Å². The number of hydrogen-bond acceptors (Lipinski definition) is 3. The summed E-state index contributed by atoms with van der Waals surface area (Å²) in [7, 11) is 0. The number of ether oxygens (including phenoxy) is 1. The molecule has 0 radical (unpaired) electrons. The quantitative estimate of drug-likeness (QED) is 0.719. The van der Waals surface area contributed by atoms with Crippen LogP contribution in [0.2, 0.25) is 0 Å². The van der Waals surface area contributed by atoms with Crippen LogP contribution in [0.15, 0.2) is 66.7 Å². The largest absolute Gasteiger partial charge is 0.484 e. The summed E-state index contributed by atoms with van der Waals surface area (Å²) in [5.74, 6) is -1.43. The molecule has 3 aromatic carbocycles. The minimum Gasteiger partial charge on any atom is -0.484 e. The number of rotatable bonds is 4. The van der Waals surface area contributed by atoms with Crippen LogP contribution in [0.1, 0.15) is 10.4 Å². The molecule has 0 heterocycles. The lowest BCUT2D eigenvalue weighted by Crippen LogP contribution is -2.44. The van der Waals surface area contributed by atoms with Gasteiger partial charge < -0.3 is 4.74 Å². The van der Waals surface area contributed by atoms with Crippen molar-refractivity contribution in [2.45, 2.75) is 0 Å². The van der Waals surface area contributed by atoms with Crippen LogP contribution >= 0.6 is 0 Å². The van der Waals surface area contributed by atoms with Gasteiger partial charge in [0.25, 0.3) is 11.8 Å². The zero-order chi connectivity index (χ0) is 17.6. The van der Waals surface area contributed by atoms with E-state index in [0.29, 0.717) is 5.75 Å². The van der Waals surface area contributed by atoms with Crippen molar-refractivity contribution in [1.82, 2.24) is 10.9 Å². The SMILES string of the molecule is O=C(COc1ccc2ccccc2c1)NNC(=O)c1ccccc1F. The van der Waals surface area contributed by atoms with Crippen LogP contribution in [0.25, 0.3) is 10.8 Å². The molecule has 0 atom stereocenters. The van der Waals surface area contributed by atoms with Crippen molar-refractivity contribution in [1.29, 1.82) is 0 Å². The minimum absolute atomic E-state index is 0.154. The Balaban J connectivity index is 1.52. The van der Waals surface area contributed by atoms with E-state index in [-0.39, 0.29) is 12.2 Å². The van der Waals surface area contributed by atoms with E-state index in [4.69, 9.17) is 4.74 Å². The molecule has 0 aliphatic heterocycles. The van der Waals surface area contributed by atoms with Gasteiger partial charge in [0.15, 0.2) is 6.61 Å². The van der Waals surface area contributed by atoms with Gasteiger partial charge in [0.05, 0.1) is 5.56 Å². The molecule has 0 bridgehead atoms. The molecule has 2 N–H and O–H groups in total. The first kappa shape index (κ1) is 16.4. The first-order chi connectivity index (χ1) is 12.1. The Bertz CT molecular complexity index is 927. The summed E-state index contributed by atoms with van der Waals surface area (Å²) in [6.45, 7) is -0.282. The second kappa shape index (κ2) is 7.44. The Morgan fingerprint density at radius 2 is 1.60 bits per heavy atom. The van der Waals surface area contributed by atoms with Crippen LogP contribution in [0.3, 0.4) is 0 Å². The van der Waals surface area contributed by atoms with Gasteiger partial charge in [-0.15, -0.1) is 0 Å². The molecule has 5 nitrogen and oxygen atoms in total. The lowest BCUT2D eigenvalue weighted by molar-refractivity contribution is -0.123. The fourth-order valence-electron chi connectivity index (χ4n) is 2.28. The van der Waals surface area contributed by atoms with E-state index in [1.807, 2.05) is 36.4 Å². The van der Waals surface area contributed by atoms with E-state index in [1.54, 1.807) is 6.07 Å². The van der Waals surface area contributed by atoms with E-state index >= 15 is 0 Å². The second-order valence-electron chi connectivity index (χ2n) is 5.28. The van der Waals surface area contributed by atoms with Gasteiger partial charge >= 0.3 is 0 Å². The van der Waals surface area contributed by atoms with E-state index in [1.165, 1.54) is 24.3 Å². The number of amides is 2. The van der Waals surface area contributed by atoms with Crippen molar-refractivity contribution in [3.8, 4) is 5.75 Å². The predicted molar refractivity (Wildman–Crippen MR) is 91.5 cm³/mol. The summed E-state index contributed by atoms with van der Waals surface area (Å²) in [4.78, 5) is 23.5. The van der Waals surface area contributed by atoms with Gasteiger partial charge in [-0.2, -0.15) is 0 Å². The van der Waals surface area contributed by atoms with Crippen molar-refractivity contribution in [3.05, 3.63) is 78.1 Å². The summed E-state index contributed by atoms with van der Waals surface area (Å²) in [5, 5.41) is 2.06. The molecule has 0 saturated carbocycles. The standard InChI is InChI=1S/C19H15FN2O3/c20-17-8-4-3-7-16(17)19(24)22-21-18(23)12-25-15-10-9-13-5-1-2-6-14(13)11-15/h1-11H,12H2,(H,21,23)(H,22,24). The summed E-state index contributed by atoms with van der Waals surface area (Å²) in [6, 6.07) is 18.7. The molecule has 0 unspecified atom stereocenters. The molecule has 0 saturated heterocycles. The van der Waals surface area contributed by atoms with E-state index in [0.717, 1.165) is 10.8 Å². The van der Waals surface area contributed by atoms with Gasteiger partial charge in [0, 0.05) is 0 Å². The maximum atomic E-state index is 13.5. The van der Waals surface area contributed by atoms with E-state index in [2.05, 4.69) is 10.9 Å². The third-order valence-corrected chi connectivity index (χ3v) is 3.52. The first-order valence-electron chi connectivity index (χ1n) is 7.59. The highest BCUT2D eigenvalue weighted by Gasteiger charge is 2.11. The Morgan fingerprint density at radius 3 is 2.40 bits per heavy atom. The summed E-state index contributed by atoms with van der Waals surface area (Å²) >= 11 is 0. The average Bonchev–Trinajstić information content (AvgIpc) is 2.64. The molecule has 2 amide bonds. The molecular formula is C19H15FN2O3. The van der Waals surface area contributed by atoms with Crippen molar-refractivity contribution in [2.24, 2.45) is 0 Å². The summed E-state index contributed by atoms with van der Waals surface area (Å²) in [5.41, 5.74) is 4.18. The third-order valence-electron chi connectivity index (χ3n) is 3.52. The molecule has 3 aromatic rings. The number of nitrogens with one attached hydrogen (secondary N) is 2. The van der Waals surface area contributed by atoms with Crippen LogP contribution in [0.4, 0.5) is 4.39 Å². The maximum Gasteiger partial charge on any atom is 0.276 e. The van der Waals surface area contributed by atoms with E-state index < -0.39 is 17.6 Å². The molecule has 126 valence electrons. The van der Waals surface area contributed by atoms with Gasteiger partial charge in [0.2, 0.25) is 0 Å². The molecule has 0 aliphatic rings.